The zero-order chi connectivity index (χ0) is 26.5. The monoisotopic (exact) mass is 504 g/mol. The number of hydrogen-bond acceptors (Lipinski definition) is 1. The van der Waals surface area contributed by atoms with E-state index in [1.165, 1.54) is 50.1 Å². The van der Waals surface area contributed by atoms with E-state index in [2.05, 4.69) is 152 Å². The highest BCUT2D eigenvalue weighted by Gasteiger charge is 2.53. The van der Waals surface area contributed by atoms with Gasteiger partial charge in [0.25, 0.3) is 0 Å². The summed E-state index contributed by atoms with van der Waals surface area (Å²) in [4.78, 5) is 0. The smallest absolute Gasteiger partial charge is 0.0683 e. The van der Waals surface area contributed by atoms with Gasteiger partial charge in [0.05, 0.1) is 5.41 Å². The van der Waals surface area contributed by atoms with Crippen molar-refractivity contribution in [2.24, 2.45) is 0 Å². The van der Waals surface area contributed by atoms with Gasteiger partial charge in [0, 0.05) is 13.7 Å². The molecule has 190 valence electrons. The van der Waals surface area contributed by atoms with Crippen LogP contribution in [0.15, 0.2) is 163 Å². The Balaban J connectivity index is 1.83. The quantitative estimate of drug-likeness (QED) is 0.205. The van der Waals surface area contributed by atoms with Crippen LogP contribution >= 0.6 is 0 Å². The maximum atomic E-state index is 5.71. The molecule has 1 aliphatic carbocycles. The van der Waals surface area contributed by atoms with Crippen LogP contribution in [0.3, 0.4) is 0 Å². The van der Waals surface area contributed by atoms with Crippen molar-refractivity contribution in [3.05, 3.63) is 191 Å². The lowest BCUT2D eigenvalue weighted by Crippen LogP contribution is -2.43. The highest BCUT2D eigenvalue weighted by molar-refractivity contribution is 6.07. The summed E-state index contributed by atoms with van der Waals surface area (Å²) in [6.45, 7) is 0.659. The summed E-state index contributed by atoms with van der Waals surface area (Å²) < 4.78 is 5.71. The van der Waals surface area contributed by atoms with E-state index < -0.39 is 5.41 Å². The molecule has 0 saturated heterocycles. The van der Waals surface area contributed by atoms with E-state index in [4.69, 9.17) is 4.74 Å². The first-order valence-corrected chi connectivity index (χ1v) is 13.6. The zero-order valence-corrected chi connectivity index (χ0v) is 22.3. The molecule has 6 rings (SSSR count). The largest absolute Gasteiger partial charge is 0.384 e. The minimum atomic E-state index is -0.423. The van der Waals surface area contributed by atoms with Gasteiger partial charge < -0.3 is 4.74 Å². The maximum Gasteiger partial charge on any atom is 0.0683 e. The second-order valence-corrected chi connectivity index (χ2v) is 9.93. The van der Waals surface area contributed by atoms with Crippen molar-refractivity contribution in [2.45, 2.75) is 11.8 Å². The molecule has 0 atom stereocenters. The number of hydrogen-bond donors (Lipinski definition) is 0. The van der Waals surface area contributed by atoms with Crippen LogP contribution in [0.2, 0.25) is 0 Å². The molecule has 0 fully saturated rings. The van der Waals surface area contributed by atoms with Gasteiger partial charge in [0.1, 0.15) is 0 Å². The Morgan fingerprint density at radius 2 is 0.949 bits per heavy atom. The molecule has 0 radical (unpaired) electrons. The summed E-state index contributed by atoms with van der Waals surface area (Å²) >= 11 is 0. The standard InChI is InChI=1S/C38H32O/c1-39-28-27-34-36(31-21-11-4-12-22-31)37(35(29-17-7-2-8-18-29)30-19-9-3-10-20-30)38(34,32-23-13-5-14-24-32)33-25-15-6-16-26-33/h2-26H,27-28H2,1H3. The molecule has 0 spiro atoms. The Morgan fingerprint density at radius 3 is 1.38 bits per heavy atom. The first-order valence-electron chi connectivity index (χ1n) is 13.6. The molecular formula is C38H32O. The molecule has 1 heteroatoms. The second kappa shape index (κ2) is 11.1. The Hall–Kier alpha value is -4.46. The molecule has 0 bridgehead atoms. The predicted molar refractivity (Wildman–Crippen MR) is 162 cm³/mol. The van der Waals surface area contributed by atoms with Crippen molar-refractivity contribution in [2.75, 3.05) is 13.7 Å². The first kappa shape index (κ1) is 24.9. The van der Waals surface area contributed by atoms with Crippen LogP contribution in [0.1, 0.15) is 34.2 Å². The highest BCUT2D eigenvalue weighted by Crippen LogP contribution is 2.63. The molecule has 5 aromatic rings. The van der Waals surface area contributed by atoms with E-state index in [-0.39, 0.29) is 0 Å². The number of methoxy groups -OCH3 is 1. The number of ether oxygens (including phenoxy) is 1. The lowest BCUT2D eigenvalue weighted by Gasteiger charge is -2.51. The molecule has 0 aromatic heterocycles. The normalized spacial score (nSPS) is 14.1. The van der Waals surface area contributed by atoms with Crippen LogP contribution in [0, 0.1) is 0 Å². The topological polar surface area (TPSA) is 9.23 Å². The van der Waals surface area contributed by atoms with Crippen LogP contribution in [0.4, 0.5) is 0 Å². The van der Waals surface area contributed by atoms with Gasteiger partial charge in [-0.05, 0) is 56.5 Å². The SMILES string of the molecule is COCCC1=C(c2ccccc2)C(=C(c2ccccc2)c2ccccc2)C1(c1ccccc1)c1ccccc1. The van der Waals surface area contributed by atoms with Crippen molar-refractivity contribution in [1.29, 1.82) is 0 Å². The van der Waals surface area contributed by atoms with Crippen molar-refractivity contribution >= 4 is 11.1 Å². The Labute approximate surface area is 231 Å². The van der Waals surface area contributed by atoms with Gasteiger partial charge in [-0.25, -0.2) is 0 Å². The maximum absolute atomic E-state index is 5.71. The van der Waals surface area contributed by atoms with Crippen molar-refractivity contribution in [3.8, 4) is 0 Å². The Kier molecular flexibility index (Phi) is 7.08. The summed E-state index contributed by atoms with van der Waals surface area (Å²) in [5, 5.41) is 0. The van der Waals surface area contributed by atoms with Crippen LogP contribution in [-0.2, 0) is 10.2 Å². The fraction of sp³-hybridized carbons (Fsp3) is 0.105. The van der Waals surface area contributed by atoms with E-state index in [1.807, 2.05) is 0 Å². The number of benzene rings is 5. The molecule has 5 aromatic carbocycles. The average molecular weight is 505 g/mol. The van der Waals surface area contributed by atoms with Crippen LogP contribution in [0.5, 0.6) is 0 Å². The van der Waals surface area contributed by atoms with E-state index in [0.29, 0.717) is 6.61 Å². The molecule has 0 unspecified atom stereocenters. The van der Waals surface area contributed by atoms with Crippen LogP contribution in [-0.4, -0.2) is 13.7 Å². The van der Waals surface area contributed by atoms with Gasteiger partial charge in [0.15, 0.2) is 0 Å². The molecule has 1 aliphatic rings. The lowest BCUT2D eigenvalue weighted by molar-refractivity contribution is 0.199. The van der Waals surface area contributed by atoms with Gasteiger partial charge in [-0.2, -0.15) is 0 Å². The average Bonchev–Trinajstić information content (AvgIpc) is 3.01. The lowest BCUT2D eigenvalue weighted by atomic mass is 9.50. The van der Waals surface area contributed by atoms with Gasteiger partial charge in [-0.15, -0.1) is 0 Å². The molecule has 0 heterocycles. The summed E-state index contributed by atoms with van der Waals surface area (Å²) in [6.07, 6.45) is 0.838. The third-order valence-electron chi connectivity index (χ3n) is 7.79. The summed E-state index contributed by atoms with van der Waals surface area (Å²) in [6, 6.07) is 54.6. The molecule has 0 amide bonds. The minimum absolute atomic E-state index is 0.423. The number of allylic oxidation sites excluding steroid dienone is 2. The van der Waals surface area contributed by atoms with Crippen LogP contribution < -0.4 is 0 Å². The third-order valence-corrected chi connectivity index (χ3v) is 7.79. The van der Waals surface area contributed by atoms with Crippen molar-refractivity contribution < 1.29 is 4.74 Å². The van der Waals surface area contributed by atoms with Gasteiger partial charge in [0.2, 0.25) is 0 Å². The molecular weight excluding hydrogens is 472 g/mol. The Bertz CT molecular complexity index is 1500. The minimum Gasteiger partial charge on any atom is -0.384 e. The van der Waals surface area contributed by atoms with E-state index in [1.54, 1.807) is 7.11 Å². The zero-order valence-electron chi connectivity index (χ0n) is 22.3. The van der Waals surface area contributed by atoms with Crippen molar-refractivity contribution in [1.82, 2.24) is 0 Å². The fourth-order valence-corrected chi connectivity index (χ4v) is 6.21. The highest BCUT2D eigenvalue weighted by atomic mass is 16.5. The third kappa shape index (κ3) is 4.35. The van der Waals surface area contributed by atoms with Gasteiger partial charge in [-0.3, -0.25) is 0 Å². The fourth-order valence-electron chi connectivity index (χ4n) is 6.21. The molecule has 0 N–H and O–H groups in total. The van der Waals surface area contributed by atoms with Crippen LogP contribution in [0.25, 0.3) is 11.1 Å². The molecule has 39 heavy (non-hydrogen) atoms. The van der Waals surface area contributed by atoms with E-state index in [9.17, 15) is 0 Å². The molecule has 0 aliphatic heterocycles. The molecule has 0 saturated carbocycles. The van der Waals surface area contributed by atoms with E-state index in [0.717, 1.165) is 6.42 Å². The summed E-state index contributed by atoms with van der Waals surface area (Å²) in [5.41, 5.74) is 11.1. The predicted octanol–water partition coefficient (Wildman–Crippen LogP) is 8.98. The van der Waals surface area contributed by atoms with Crippen molar-refractivity contribution in [3.63, 3.8) is 0 Å². The number of rotatable bonds is 8. The van der Waals surface area contributed by atoms with Gasteiger partial charge in [-0.1, -0.05) is 152 Å². The first-order chi connectivity index (χ1) is 19.4. The summed E-state index contributed by atoms with van der Waals surface area (Å²) in [7, 11) is 1.80. The summed E-state index contributed by atoms with van der Waals surface area (Å²) in [5.74, 6) is 0. The second-order valence-electron chi connectivity index (χ2n) is 9.93. The molecule has 1 nitrogen and oxygen atoms in total. The Morgan fingerprint density at radius 1 is 0.538 bits per heavy atom. The van der Waals surface area contributed by atoms with E-state index >= 15 is 0 Å². The van der Waals surface area contributed by atoms with Gasteiger partial charge >= 0.3 is 0 Å².